The summed E-state index contributed by atoms with van der Waals surface area (Å²) in [5.74, 6) is -0.699. The number of rotatable bonds is 5. The summed E-state index contributed by atoms with van der Waals surface area (Å²) in [6, 6.07) is 6.73. The molecule has 0 bridgehead atoms. The Morgan fingerprint density at radius 3 is 2.65 bits per heavy atom. The van der Waals surface area contributed by atoms with Crippen LogP contribution < -0.4 is 5.32 Å². The van der Waals surface area contributed by atoms with Gasteiger partial charge in [0.2, 0.25) is 11.7 Å². The Bertz CT molecular complexity index is 915. The Labute approximate surface area is 154 Å². The highest BCUT2D eigenvalue weighted by atomic mass is 35.5. The zero-order valence-corrected chi connectivity index (χ0v) is 14.9. The van der Waals surface area contributed by atoms with Crippen molar-refractivity contribution < 1.29 is 13.7 Å². The highest BCUT2D eigenvalue weighted by molar-refractivity contribution is 6.31. The lowest BCUT2D eigenvalue weighted by atomic mass is 10.0. The van der Waals surface area contributed by atoms with E-state index in [0.717, 1.165) is 11.6 Å². The lowest BCUT2D eigenvalue weighted by Crippen LogP contribution is -2.32. The molecule has 0 spiro atoms. The number of halogens is 2. The third-order valence-electron chi connectivity index (χ3n) is 3.77. The fourth-order valence-electron chi connectivity index (χ4n) is 2.38. The van der Waals surface area contributed by atoms with Gasteiger partial charge < -0.3 is 9.84 Å². The molecule has 134 valence electrons. The van der Waals surface area contributed by atoms with Crippen molar-refractivity contribution in [2.45, 2.75) is 19.9 Å². The Balaban J connectivity index is 1.85. The molecule has 26 heavy (non-hydrogen) atoms. The van der Waals surface area contributed by atoms with E-state index in [-0.39, 0.29) is 22.4 Å². The fraction of sp³-hybridized carbons (Fsp3) is 0.222. The average Bonchev–Trinajstić information content (AvgIpc) is 3.11. The van der Waals surface area contributed by atoms with Crippen LogP contribution in [0.3, 0.4) is 0 Å². The van der Waals surface area contributed by atoms with E-state index in [1.807, 2.05) is 13.8 Å². The fourth-order valence-corrected chi connectivity index (χ4v) is 2.56. The monoisotopic (exact) mass is 374 g/mol. The summed E-state index contributed by atoms with van der Waals surface area (Å²) in [5.41, 5.74) is 0.599. The molecule has 2 aromatic heterocycles. The Kier molecular flexibility index (Phi) is 5.27. The molecule has 0 saturated carbocycles. The normalized spacial score (nSPS) is 12.2. The van der Waals surface area contributed by atoms with Gasteiger partial charge in [0.15, 0.2) is 0 Å². The summed E-state index contributed by atoms with van der Waals surface area (Å²) in [5, 5.41) is 6.95. The van der Waals surface area contributed by atoms with Crippen LogP contribution in [0, 0.1) is 11.7 Å². The number of carbonyl (C=O) groups excluding carboxylic acids is 1. The topological polar surface area (TPSA) is 80.9 Å². The molecular formula is C18H16ClFN4O2. The van der Waals surface area contributed by atoms with Crippen molar-refractivity contribution >= 4 is 17.5 Å². The molecule has 8 heteroatoms. The van der Waals surface area contributed by atoms with E-state index < -0.39 is 17.8 Å². The largest absolute Gasteiger partial charge is 0.340 e. The van der Waals surface area contributed by atoms with E-state index in [9.17, 15) is 9.18 Å². The average molecular weight is 375 g/mol. The minimum atomic E-state index is -0.655. The standard InChI is InChI=1S/C18H16ClFN4O2/c1-10(2)15(22-17(25)13-9-12(19)3-4-14(13)20)18-23-16(24-26-18)11-5-7-21-8-6-11/h3-10,15H,1-2H3,(H,22,25). The van der Waals surface area contributed by atoms with Crippen LogP contribution in [0.15, 0.2) is 47.2 Å². The van der Waals surface area contributed by atoms with Crippen molar-refractivity contribution in [2.75, 3.05) is 0 Å². The number of benzene rings is 1. The maximum absolute atomic E-state index is 13.9. The minimum absolute atomic E-state index is 0.0630. The Morgan fingerprint density at radius 1 is 1.23 bits per heavy atom. The molecule has 0 fully saturated rings. The minimum Gasteiger partial charge on any atom is -0.340 e. The van der Waals surface area contributed by atoms with Gasteiger partial charge in [-0.3, -0.25) is 9.78 Å². The maximum atomic E-state index is 13.9. The van der Waals surface area contributed by atoms with Crippen molar-refractivity contribution in [3.05, 3.63) is 65.0 Å². The quantitative estimate of drug-likeness (QED) is 0.728. The van der Waals surface area contributed by atoms with Gasteiger partial charge in [0, 0.05) is 23.0 Å². The number of nitrogens with zero attached hydrogens (tertiary/aromatic N) is 3. The van der Waals surface area contributed by atoms with Crippen molar-refractivity contribution in [1.82, 2.24) is 20.4 Å². The number of hydrogen-bond acceptors (Lipinski definition) is 5. The molecule has 1 unspecified atom stereocenters. The molecule has 1 amide bonds. The van der Waals surface area contributed by atoms with Crippen molar-refractivity contribution in [3.63, 3.8) is 0 Å². The number of hydrogen-bond donors (Lipinski definition) is 1. The van der Waals surface area contributed by atoms with Gasteiger partial charge in [-0.05, 0) is 36.2 Å². The van der Waals surface area contributed by atoms with Crippen LogP contribution >= 0.6 is 11.6 Å². The van der Waals surface area contributed by atoms with Crippen molar-refractivity contribution in [2.24, 2.45) is 5.92 Å². The second-order valence-corrected chi connectivity index (χ2v) is 6.45. The van der Waals surface area contributed by atoms with Gasteiger partial charge >= 0.3 is 0 Å². The molecule has 0 aliphatic heterocycles. The molecule has 0 aliphatic rings. The van der Waals surface area contributed by atoms with E-state index in [4.69, 9.17) is 16.1 Å². The van der Waals surface area contributed by atoms with Gasteiger partial charge in [-0.25, -0.2) is 4.39 Å². The lowest BCUT2D eigenvalue weighted by molar-refractivity contribution is 0.0910. The predicted octanol–water partition coefficient (Wildman–Crippen LogP) is 4.05. The molecule has 1 N–H and O–H groups in total. The molecule has 2 heterocycles. The zero-order chi connectivity index (χ0) is 18.7. The predicted molar refractivity (Wildman–Crippen MR) is 94.0 cm³/mol. The Hall–Kier alpha value is -2.80. The van der Waals surface area contributed by atoms with Crippen molar-refractivity contribution in [3.8, 4) is 11.4 Å². The molecule has 0 radical (unpaired) electrons. The summed E-state index contributed by atoms with van der Waals surface area (Å²) in [7, 11) is 0. The van der Waals surface area contributed by atoms with E-state index in [1.54, 1.807) is 24.5 Å². The van der Waals surface area contributed by atoms with Crippen molar-refractivity contribution in [1.29, 1.82) is 0 Å². The van der Waals surface area contributed by atoms with Gasteiger partial charge in [0.05, 0.1) is 5.56 Å². The first-order valence-corrected chi connectivity index (χ1v) is 8.33. The van der Waals surface area contributed by atoms with Gasteiger partial charge in [0.1, 0.15) is 11.9 Å². The van der Waals surface area contributed by atoms with Crippen LogP contribution in [0.5, 0.6) is 0 Å². The van der Waals surface area contributed by atoms with Crippen LogP contribution in [0.1, 0.15) is 36.1 Å². The number of pyridine rings is 1. The lowest BCUT2D eigenvalue weighted by Gasteiger charge is -2.18. The highest BCUT2D eigenvalue weighted by Gasteiger charge is 2.26. The van der Waals surface area contributed by atoms with E-state index in [0.29, 0.717) is 5.82 Å². The third kappa shape index (κ3) is 3.88. The smallest absolute Gasteiger partial charge is 0.254 e. The number of aromatic nitrogens is 3. The number of nitrogens with one attached hydrogen (secondary N) is 1. The molecule has 3 rings (SSSR count). The molecule has 3 aromatic rings. The molecule has 0 aliphatic carbocycles. The van der Waals surface area contributed by atoms with Gasteiger partial charge in [0.25, 0.3) is 5.91 Å². The van der Waals surface area contributed by atoms with Crippen LogP contribution in [0.4, 0.5) is 4.39 Å². The van der Waals surface area contributed by atoms with E-state index in [2.05, 4.69) is 20.4 Å². The highest BCUT2D eigenvalue weighted by Crippen LogP contribution is 2.24. The van der Waals surface area contributed by atoms with E-state index >= 15 is 0 Å². The third-order valence-corrected chi connectivity index (χ3v) is 4.01. The maximum Gasteiger partial charge on any atom is 0.254 e. The zero-order valence-electron chi connectivity index (χ0n) is 14.1. The van der Waals surface area contributed by atoms with Crippen LogP contribution in [0.25, 0.3) is 11.4 Å². The first kappa shape index (κ1) is 18.0. The molecular weight excluding hydrogens is 359 g/mol. The van der Waals surface area contributed by atoms with Crippen LogP contribution in [-0.4, -0.2) is 21.0 Å². The summed E-state index contributed by atoms with van der Waals surface area (Å²) in [6.45, 7) is 3.77. The van der Waals surface area contributed by atoms with Gasteiger partial charge in [-0.15, -0.1) is 0 Å². The second kappa shape index (κ2) is 7.61. The molecule has 0 saturated heterocycles. The first-order chi connectivity index (χ1) is 12.5. The second-order valence-electron chi connectivity index (χ2n) is 6.01. The van der Waals surface area contributed by atoms with Gasteiger partial charge in [-0.1, -0.05) is 30.6 Å². The summed E-state index contributed by atoms with van der Waals surface area (Å²) in [4.78, 5) is 20.8. The SMILES string of the molecule is CC(C)C(NC(=O)c1cc(Cl)ccc1F)c1nc(-c2ccncc2)no1. The number of amides is 1. The van der Waals surface area contributed by atoms with Crippen LogP contribution in [0.2, 0.25) is 5.02 Å². The summed E-state index contributed by atoms with van der Waals surface area (Å²) < 4.78 is 19.2. The van der Waals surface area contributed by atoms with Gasteiger partial charge in [-0.2, -0.15) is 4.98 Å². The molecule has 1 aromatic carbocycles. The first-order valence-electron chi connectivity index (χ1n) is 7.95. The summed E-state index contributed by atoms with van der Waals surface area (Å²) in [6.07, 6.45) is 3.24. The molecule has 6 nitrogen and oxygen atoms in total. The van der Waals surface area contributed by atoms with Crippen LogP contribution in [-0.2, 0) is 0 Å². The number of carbonyl (C=O) groups is 1. The molecule has 1 atom stereocenters. The Morgan fingerprint density at radius 2 is 1.96 bits per heavy atom. The summed E-state index contributed by atoms with van der Waals surface area (Å²) >= 11 is 5.86. The van der Waals surface area contributed by atoms with E-state index in [1.165, 1.54) is 12.1 Å².